The van der Waals surface area contributed by atoms with Crippen LogP contribution in [0.5, 0.6) is 0 Å². The fourth-order valence-electron chi connectivity index (χ4n) is 2.93. The number of nitrogens with zero attached hydrogens (tertiary/aromatic N) is 3. The minimum Gasteiger partial charge on any atom is -0.354 e. The Bertz CT molecular complexity index is 645. The second-order valence-electron chi connectivity index (χ2n) is 6.70. The first-order valence-corrected chi connectivity index (χ1v) is 10.7. The third-order valence-corrected chi connectivity index (χ3v) is 6.41. The minimum absolute atomic E-state index is 0.0509. The van der Waals surface area contributed by atoms with E-state index in [0.29, 0.717) is 30.1 Å². The lowest BCUT2D eigenvalue weighted by molar-refractivity contribution is 0.298. The summed E-state index contributed by atoms with van der Waals surface area (Å²) < 4.78 is 26.0. The van der Waals surface area contributed by atoms with Gasteiger partial charge in [-0.25, -0.2) is 18.1 Å². The van der Waals surface area contributed by atoms with Crippen LogP contribution in [0.15, 0.2) is 0 Å². The number of sulfonamides is 1. The normalized spacial score (nSPS) is 22.9. The lowest BCUT2D eigenvalue weighted by atomic mass is 9.92. The van der Waals surface area contributed by atoms with E-state index in [9.17, 15) is 8.42 Å². The van der Waals surface area contributed by atoms with Crippen molar-refractivity contribution in [2.75, 3.05) is 38.3 Å². The Hall–Kier alpha value is -0.410. The number of halogens is 1. The highest BCUT2D eigenvalue weighted by atomic mass is 35.5. The summed E-state index contributed by atoms with van der Waals surface area (Å²) in [6, 6.07) is -0.0509. The zero-order valence-electron chi connectivity index (χ0n) is 14.2. The quantitative estimate of drug-likeness (QED) is 0.816. The monoisotopic (exact) mass is 380 g/mol. The van der Waals surface area contributed by atoms with E-state index < -0.39 is 10.0 Å². The molecule has 1 aliphatic heterocycles. The largest absolute Gasteiger partial charge is 0.354 e. The van der Waals surface area contributed by atoms with Crippen LogP contribution in [0, 0.1) is 11.8 Å². The number of aromatic nitrogens is 1. The van der Waals surface area contributed by atoms with E-state index in [1.165, 1.54) is 6.26 Å². The van der Waals surface area contributed by atoms with Gasteiger partial charge in [-0.1, -0.05) is 36.8 Å². The van der Waals surface area contributed by atoms with Crippen LogP contribution in [-0.2, 0) is 16.6 Å². The van der Waals surface area contributed by atoms with Gasteiger partial charge in [0.15, 0.2) is 5.13 Å². The van der Waals surface area contributed by atoms with Crippen LogP contribution in [0.1, 0.15) is 18.7 Å². The Morgan fingerprint density at radius 1 is 1.43 bits per heavy atom. The van der Waals surface area contributed by atoms with Crippen molar-refractivity contribution in [2.24, 2.45) is 11.8 Å². The van der Waals surface area contributed by atoms with Gasteiger partial charge in [-0.05, 0) is 11.8 Å². The highest BCUT2D eigenvalue weighted by Gasteiger charge is 2.36. The van der Waals surface area contributed by atoms with Gasteiger partial charge in [-0.2, -0.15) is 0 Å². The molecule has 0 bridgehead atoms. The lowest BCUT2D eigenvalue weighted by Crippen LogP contribution is -2.41. The van der Waals surface area contributed by atoms with Crippen LogP contribution >= 0.6 is 22.9 Å². The summed E-state index contributed by atoms with van der Waals surface area (Å²) in [7, 11) is 0.676. The molecular formula is C14H25ClN4O2S2. The highest BCUT2D eigenvalue weighted by molar-refractivity contribution is 7.88. The van der Waals surface area contributed by atoms with Crippen LogP contribution in [0.2, 0.25) is 5.15 Å². The molecule has 0 radical (unpaired) electrons. The standard InChI is InChI=1S/C14H25ClN4O2S2/c1-9(2)10-6-19(7-11(10)17-23(5,20)21)8-12-13(15)16-14(22-12)18(3)4/h9-11,17H,6-8H2,1-5H3/t10-,11+/m1/s1. The van der Waals surface area contributed by atoms with Crippen LogP contribution in [0.25, 0.3) is 0 Å². The SMILES string of the molecule is CC(C)[C@H]1CN(Cc2sc(N(C)C)nc2Cl)C[C@@H]1NS(C)(=O)=O. The summed E-state index contributed by atoms with van der Waals surface area (Å²) in [4.78, 5) is 9.58. The van der Waals surface area contributed by atoms with E-state index in [2.05, 4.69) is 28.5 Å². The molecule has 0 spiro atoms. The smallest absolute Gasteiger partial charge is 0.209 e. The van der Waals surface area contributed by atoms with Crippen molar-refractivity contribution in [2.45, 2.75) is 26.4 Å². The Morgan fingerprint density at radius 3 is 2.57 bits per heavy atom. The third kappa shape index (κ3) is 5.03. The number of rotatable bonds is 6. The van der Waals surface area contributed by atoms with Crippen molar-refractivity contribution < 1.29 is 8.42 Å². The molecule has 23 heavy (non-hydrogen) atoms. The van der Waals surface area contributed by atoms with Gasteiger partial charge in [-0.3, -0.25) is 4.90 Å². The summed E-state index contributed by atoms with van der Waals surface area (Å²) in [5.74, 6) is 0.707. The first-order chi connectivity index (χ1) is 10.6. The van der Waals surface area contributed by atoms with E-state index in [-0.39, 0.29) is 6.04 Å². The first-order valence-electron chi connectivity index (χ1n) is 7.59. The third-order valence-electron chi connectivity index (χ3n) is 4.05. The molecule has 0 saturated carbocycles. The molecule has 1 aliphatic rings. The summed E-state index contributed by atoms with van der Waals surface area (Å²) in [5, 5.41) is 1.43. The van der Waals surface area contributed by atoms with Gasteiger partial charge in [0.25, 0.3) is 0 Å². The molecular weight excluding hydrogens is 356 g/mol. The van der Waals surface area contributed by atoms with Crippen LogP contribution in [0.3, 0.4) is 0 Å². The van der Waals surface area contributed by atoms with Crippen LogP contribution < -0.4 is 9.62 Å². The Labute approximate surface area is 147 Å². The Morgan fingerprint density at radius 2 is 2.09 bits per heavy atom. The predicted octanol–water partition coefficient (Wildman–Crippen LogP) is 1.87. The highest BCUT2D eigenvalue weighted by Crippen LogP contribution is 2.32. The fourth-order valence-corrected chi connectivity index (χ4v) is 4.95. The van der Waals surface area contributed by atoms with Gasteiger partial charge in [0.2, 0.25) is 10.0 Å². The van der Waals surface area contributed by atoms with Crippen molar-refractivity contribution in [3.05, 3.63) is 10.0 Å². The molecule has 0 aliphatic carbocycles. The average Bonchev–Trinajstić information content (AvgIpc) is 2.93. The number of hydrogen-bond acceptors (Lipinski definition) is 6. The van der Waals surface area contributed by atoms with Crippen molar-refractivity contribution in [3.63, 3.8) is 0 Å². The lowest BCUT2D eigenvalue weighted by Gasteiger charge is -2.21. The Balaban J connectivity index is 2.10. The molecule has 2 heterocycles. The molecule has 6 nitrogen and oxygen atoms in total. The Kier molecular flexibility index (Phi) is 5.94. The molecule has 0 unspecified atom stereocenters. The summed E-state index contributed by atoms with van der Waals surface area (Å²) in [6.07, 6.45) is 1.22. The first kappa shape index (κ1) is 18.9. The minimum atomic E-state index is -3.20. The van der Waals surface area contributed by atoms with Gasteiger partial charge in [-0.15, -0.1) is 0 Å². The molecule has 132 valence electrons. The number of anilines is 1. The van der Waals surface area contributed by atoms with E-state index in [0.717, 1.165) is 16.6 Å². The summed E-state index contributed by atoms with van der Waals surface area (Å²) >= 11 is 7.82. The molecule has 0 amide bonds. The molecule has 2 rings (SSSR count). The second-order valence-corrected chi connectivity index (χ2v) is 9.90. The second kappa shape index (κ2) is 7.23. The average molecular weight is 381 g/mol. The number of hydrogen-bond donors (Lipinski definition) is 1. The van der Waals surface area contributed by atoms with Crippen molar-refractivity contribution in [1.82, 2.24) is 14.6 Å². The molecule has 9 heteroatoms. The summed E-state index contributed by atoms with van der Waals surface area (Å²) in [6.45, 7) is 6.53. The molecule has 1 N–H and O–H groups in total. The van der Waals surface area contributed by atoms with Crippen LogP contribution in [-0.4, -0.2) is 57.8 Å². The van der Waals surface area contributed by atoms with E-state index in [1.54, 1.807) is 11.3 Å². The zero-order valence-corrected chi connectivity index (χ0v) is 16.6. The molecule has 2 atom stereocenters. The van der Waals surface area contributed by atoms with Gasteiger partial charge in [0.05, 0.1) is 11.1 Å². The van der Waals surface area contributed by atoms with Gasteiger partial charge < -0.3 is 4.90 Å². The number of nitrogens with one attached hydrogen (secondary N) is 1. The summed E-state index contributed by atoms with van der Waals surface area (Å²) in [5.41, 5.74) is 0. The maximum absolute atomic E-state index is 11.6. The van der Waals surface area contributed by atoms with Crippen molar-refractivity contribution in [3.8, 4) is 0 Å². The maximum atomic E-state index is 11.6. The van der Waals surface area contributed by atoms with E-state index >= 15 is 0 Å². The predicted molar refractivity (Wildman–Crippen MR) is 96.8 cm³/mol. The molecule has 1 saturated heterocycles. The van der Waals surface area contributed by atoms with Crippen LogP contribution in [0.4, 0.5) is 5.13 Å². The number of thiazole rings is 1. The number of likely N-dealkylation sites (tertiary alicyclic amines) is 1. The van der Waals surface area contributed by atoms with Gasteiger partial charge >= 0.3 is 0 Å². The van der Waals surface area contributed by atoms with Gasteiger partial charge in [0.1, 0.15) is 5.15 Å². The molecule has 1 aromatic heterocycles. The van der Waals surface area contributed by atoms with Crippen molar-refractivity contribution >= 4 is 38.1 Å². The maximum Gasteiger partial charge on any atom is 0.209 e. The fraction of sp³-hybridized carbons (Fsp3) is 0.786. The van der Waals surface area contributed by atoms with Crippen molar-refractivity contribution in [1.29, 1.82) is 0 Å². The molecule has 0 aromatic carbocycles. The van der Waals surface area contributed by atoms with E-state index in [1.807, 2.05) is 19.0 Å². The topological polar surface area (TPSA) is 65.5 Å². The molecule has 1 aromatic rings. The van der Waals surface area contributed by atoms with E-state index in [4.69, 9.17) is 11.6 Å². The van der Waals surface area contributed by atoms with Gasteiger partial charge in [0, 0.05) is 39.8 Å². The zero-order chi connectivity index (χ0) is 17.4. The molecule has 1 fully saturated rings.